The van der Waals surface area contributed by atoms with E-state index in [4.69, 9.17) is 4.74 Å². The van der Waals surface area contributed by atoms with E-state index in [1.165, 1.54) is 5.56 Å². The van der Waals surface area contributed by atoms with Gasteiger partial charge in [-0.05, 0) is 24.6 Å². The third-order valence-corrected chi connectivity index (χ3v) is 4.10. The largest absolute Gasteiger partial charge is 0.496 e. The van der Waals surface area contributed by atoms with Crippen molar-refractivity contribution in [3.05, 3.63) is 59.4 Å². The Balaban J connectivity index is 1.58. The number of benzene rings is 1. The van der Waals surface area contributed by atoms with Gasteiger partial charge < -0.3 is 10.1 Å². The predicted molar refractivity (Wildman–Crippen MR) is 87.9 cm³/mol. The maximum Gasteiger partial charge on any atom is 0.234 e. The predicted octanol–water partition coefficient (Wildman–Crippen LogP) is 2.28. The molecule has 1 aromatic heterocycles. The number of nitrogens with zero attached hydrogens (tertiary/aromatic N) is 2. The molecule has 5 heteroatoms. The maximum atomic E-state index is 12.3. The third kappa shape index (κ3) is 3.51. The molecule has 0 spiro atoms. The number of para-hydroxylation sites is 1. The number of carbonyl (C=O) groups is 1. The molecule has 1 aliphatic rings. The summed E-state index contributed by atoms with van der Waals surface area (Å²) in [5.74, 6) is 0.800. The van der Waals surface area contributed by atoms with E-state index >= 15 is 0 Å². The van der Waals surface area contributed by atoms with Crippen LogP contribution in [0.1, 0.15) is 29.8 Å². The molecule has 1 N–H and O–H groups in total. The van der Waals surface area contributed by atoms with Gasteiger partial charge in [-0.1, -0.05) is 24.3 Å². The Bertz CT molecular complexity index is 677. The quantitative estimate of drug-likeness (QED) is 0.920. The molecule has 1 atom stereocenters. The average molecular weight is 311 g/mol. The minimum atomic E-state index is -0.0956. The lowest BCUT2D eigenvalue weighted by Gasteiger charge is -2.19. The van der Waals surface area contributed by atoms with Gasteiger partial charge in [-0.2, -0.15) is 0 Å². The number of nitrogens with one attached hydrogen (secondary N) is 1. The van der Waals surface area contributed by atoms with Crippen molar-refractivity contribution in [1.82, 2.24) is 15.2 Å². The Hall–Kier alpha value is -2.40. The summed E-state index contributed by atoms with van der Waals surface area (Å²) < 4.78 is 5.35. The number of methoxy groups -OCH3 is 1. The number of amides is 1. The van der Waals surface area contributed by atoms with Gasteiger partial charge in [0.05, 0.1) is 25.4 Å². The van der Waals surface area contributed by atoms with Crippen LogP contribution in [0.25, 0.3) is 0 Å². The number of rotatable bonds is 5. The number of aromatic nitrogens is 1. The van der Waals surface area contributed by atoms with E-state index in [0.29, 0.717) is 6.54 Å². The first kappa shape index (κ1) is 15.5. The molecule has 0 radical (unpaired) electrons. The smallest absolute Gasteiger partial charge is 0.234 e. The highest BCUT2D eigenvalue weighted by molar-refractivity contribution is 5.78. The number of hydrogen-bond acceptors (Lipinski definition) is 4. The summed E-state index contributed by atoms with van der Waals surface area (Å²) in [5, 5.41) is 3.04. The van der Waals surface area contributed by atoms with Crippen LogP contribution < -0.4 is 10.1 Å². The van der Waals surface area contributed by atoms with E-state index in [0.717, 1.165) is 30.1 Å². The summed E-state index contributed by atoms with van der Waals surface area (Å²) in [6.07, 6.45) is 1.80. The van der Waals surface area contributed by atoms with E-state index in [-0.39, 0.29) is 11.9 Å². The summed E-state index contributed by atoms with van der Waals surface area (Å²) in [4.78, 5) is 18.8. The molecule has 0 aliphatic carbocycles. The summed E-state index contributed by atoms with van der Waals surface area (Å²) in [6.45, 7) is 3.85. The second-order valence-electron chi connectivity index (χ2n) is 5.79. The third-order valence-electron chi connectivity index (χ3n) is 4.10. The molecule has 23 heavy (non-hydrogen) atoms. The van der Waals surface area contributed by atoms with Crippen molar-refractivity contribution in [1.29, 1.82) is 0 Å². The SMILES string of the molecule is COc1ccccc1[C@H](C)NC(=O)CN1Cc2cccnc2C1. The molecule has 5 nitrogen and oxygen atoms in total. The number of pyridine rings is 1. The van der Waals surface area contributed by atoms with Crippen molar-refractivity contribution >= 4 is 5.91 Å². The molecule has 1 aliphatic heterocycles. The van der Waals surface area contributed by atoms with Crippen LogP contribution in [-0.4, -0.2) is 29.4 Å². The Labute approximate surface area is 136 Å². The highest BCUT2D eigenvalue weighted by Gasteiger charge is 2.22. The van der Waals surface area contributed by atoms with Crippen LogP contribution in [0.2, 0.25) is 0 Å². The topological polar surface area (TPSA) is 54.5 Å². The van der Waals surface area contributed by atoms with Gasteiger partial charge >= 0.3 is 0 Å². The van der Waals surface area contributed by atoms with Crippen LogP contribution in [0.3, 0.4) is 0 Å². The lowest BCUT2D eigenvalue weighted by Crippen LogP contribution is -2.36. The first-order chi connectivity index (χ1) is 11.2. The first-order valence-electron chi connectivity index (χ1n) is 7.75. The van der Waals surface area contributed by atoms with E-state index in [9.17, 15) is 4.79 Å². The van der Waals surface area contributed by atoms with Gasteiger partial charge in [0.15, 0.2) is 0 Å². The number of hydrogen-bond donors (Lipinski definition) is 1. The van der Waals surface area contributed by atoms with Crippen molar-refractivity contribution in [3.8, 4) is 5.75 Å². The van der Waals surface area contributed by atoms with Gasteiger partial charge in [-0.15, -0.1) is 0 Å². The van der Waals surface area contributed by atoms with Crippen molar-refractivity contribution in [2.45, 2.75) is 26.1 Å². The average Bonchev–Trinajstić information content (AvgIpc) is 2.96. The molecule has 3 rings (SSSR count). The molecule has 2 heterocycles. The zero-order valence-corrected chi connectivity index (χ0v) is 13.5. The van der Waals surface area contributed by atoms with Crippen LogP contribution in [0.15, 0.2) is 42.6 Å². The van der Waals surface area contributed by atoms with Crippen LogP contribution >= 0.6 is 0 Å². The number of carbonyl (C=O) groups excluding carboxylic acids is 1. The molecule has 0 saturated carbocycles. The zero-order valence-electron chi connectivity index (χ0n) is 13.5. The van der Waals surface area contributed by atoms with Gasteiger partial charge in [-0.25, -0.2) is 0 Å². The molecule has 0 fully saturated rings. The van der Waals surface area contributed by atoms with Crippen molar-refractivity contribution in [2.24, 2.45) is 0 Å². The second-order valence-corrected chi connectivity index (χ2v) is 5.79. The molecule has 1 aromatic carbocycles. The highest BCUT2D eigenvalue weighted by atomic mass is 16.5. The van der Waals surface area contributed by atoms with E-state index < -0.39 is 0 Å². The van der Waals surface area contributed by atoms with Crippen molar-refractivity contribution in [3.63, 3.8) is 0 Å². The fraction of sp³-hybridized carbons (Fsp3) is 0.333. The minimum Gasteiger partial charge on any atom is -0.496 e. The van der Waals surface area contributed by atoms with E-state index in [1.54, 1.807) is 13.3 Å². The number of fused-ring (bicyclic) bond motifs is 1. The van der Waals surface area contributed by atoms with E-state index in [1.807, 2.05) is 37.3 Å². The highest BCUT2D eigenvalue weighted by Crippen LogP contribution is 2.24. The summed E-state index contributed by atoms with van der Waals surface area (Å²) >= 11 is 0. The van der Waals surface area contributed by atoms with Gasteiger partial charge in [0.2, 0.25) is 5.91 Å². The molecule has 2 aromatic rings. The van der Waals surface area contributed by atoms with Crippen molar-refractivity contribution < 1.29 is 9.53 Å². The van der Waals surface area contributed by atoms with Crippen LogP contribution in [-0.2, 0) is 17.9 Å². The molecule has 1 amide bonds. The Morgan fingerprint density at radius 2 is 2.13 bits per heavy atom. The molecule has 0 saturated heterocycles. The Kier molecular flexibility index (Phi) is 4.57. The first-order valence-corrected chi connectivity index (χ1v) is 7.75. The Morgan fingerprint density at radius 3 is 2.91 bits per heavy atom. The fourth-order valence-electron chi connectivity index (χ4n) is 2.97. The molecule has 0 unspecified atom stereocenters. The lowest BCUT2D eigenvalue weighted by atomic mass is 10.1. The number of ether oxygens (including phenoxy) is 1. The zero-order chi connectivity index (χ0) is 16.2. The summed E-state index contributed by atoms with van der Waals surface area (Å²) in [7, 11) is 1.64. The van der Waals surface area contributed by atoms with Crippen LogP contribution in [0, 0.1) is 0 Å². The van der Waals surface area contributed by atoms with Gasteiger partial charge in [0.1, 0.15) is 5.75 Å². The van der Waals surface area contributed by atoms with Crippen LogP contribution in [0.5, 0.6) is 5.75 Å². The van der Waals surface area contributed by atoms with Gasteiger partial charge in [0.25, 0.3) is 0 Å². The molecular formula is C18H21N3O2. The summed E-state index contributed by atoms with van der Waals surface area (Å²) in [5.41, 5.74) is 3.26. The standard InChI is InChI=1S/C18H21N3O2/c1-13(15-7-3-4-8-17(15)23-2)20-18(22)12-21-10-14-6-5-9-19-16(14)11-21/h3-9,13H,10-12H2,1-2H3,(H,20,22)/t13-/m0/s1. The fourth-order valence-corrected chi connectivity index (χ4v) is 2.97. The molecular weight excluding hydrogens is 290 g/mol. The van der Waals surface area contributed by atoms with Gasteiger partial charge in [-0.3, -0.25) is 14.7 Å². The lowest BCUT2D eigenvalue weighted by molar-refractivity contribution is -0.123. The monoisotopic (exact) mass is 311 g/mol. The van der Waals surface area contributed by atoms with Gasteiger partial charge in [0, 0.05) is 24.8 Å². The summed E-state index contributed by atoms with van der Waals surface area (Å²) in [6, 6.07) is 11.7. The van der Waals surface area contributed by atoms with Crippen molar-refractivity contribution in [2.75, 3.05) is 13.7 Å². The van der Waals surface area contributed by atoms with E-state index in [2.05, 4.69) is 21.3 Å². The van der Waals surface area contributed by atoms with Crippen LogP contribution in [0.4, 0.5) is 0 Å². The maximum absolute atomic E-state index is 12.3. The second kappa shape index (κ2) is 6.79. The minimum absolute atomic E-state index is 0.0104. The molecule has 120 valence electrons. The molecule has 0 bridgehead atoms. The Morgan fingerprint density at radius 1 is 1.30 bits per heavy atom. The normalized spacial score (nSPS) is 15.0.